The SMILES string of the molecule is CS(=O)(=O)c1coc(C=O)c1O. The van der Waals surface area contributed by atoms with Gasteiger partial charge in [-0.1, -0.05) is 0 Å². The average molecular weight is 190 g/mol. The molecule has 0 aliphatic heterocycles. The number of hydrogen-bond donors (Lipinski definition) is 1. The lowest BCUT2D eigenvalue weighted by atomic mass is 10.4. The zero-order valence-electron chi connectivity index (χ0n) is 6.14. The molecule has 0 aliphatic rings. The van der Waals surface area contributed by atoms with Gasteiger partial charge in [-0.3, -0.25) is 4.79 Å². The van der Waals surface area contributed by atoms with Gasteiger partial charge in [0.15, 0.2) is 21.9 Å². The van der Waals surface area contributed by atoms with E-state index in [4.69, 9.17) is 5.11 Å². The lowest BCUT2D eigenvalue weighted by Crippen LogP contribution is -1.94. The lowest BCUT2D eigenvalue weighted by molar-refractivity contribution is 0.109. The van der Waals surface area contributed by atoms with E-state index in [9.17, 15) is 13.2 Å². The molecular formula is C6H6O5S. The Morgan fingerprint density at radius 2 is 2.17 bits per heavy atom. The van der Waals surface area contributed by atoms with E-state index >= 15 is 0 Å². The molecule has 0 saturated carbocycles. The lowest BCUT2D eigenvalue weighted by Gasteiger charge is -1.91. The van der Waals surface area contributed by atoms with Crippen LogP contribution in [0.3, 0.4) is 0 Å². The molecule has 0 aromatic carbocycles. The summed E-state index contributed by atoms with van der Waals surface area (Å²) in [6, 6.07) is 0. The summed E-state index contributed by atoms with van der Waals surface area (Å²) in [5, 5.41) is 9.06. The van der Waals surface area contributed by atoms with E-state index in [0.29, 0.717) is 0 Å². The molecule has 66 valence electrons. The third-order valence-corrected chi connectivity index (χ3v) is 2.35. The third-order valence-electron chi connectivity index (χ3n) is 1.27. The molecule has 0 saturated heterocycles. The van der Waals surface area contributed by atoms with Gasteiger partial charge in [0.25, 0.3) is 0 Å². The van der Waals surface area contributed by atoms with Gasteiger partial charge in [-0.2, -0.15) is 0 Å². The molecule has 0 unspecified atom stereocenters. The number of carbonyl (C=O) groups excluding carboxylic acids is 1. The summed E-state index contributed by atoms with van der Waals surface area (Å²) in [4.78, 5) is 9.75. The van der Waals surface area contributed by atoms with Gasteiger partial charge in [0.2, 0.25) is 5.76 Å². The summed E-state index contributed by atoms with van der Waals surface area (Å²) in [5.74, 6) is -1.01. The van der Waals surface area contributed by atoms with Crippen molar-refractivity contribution in [3.05, 3.63) is 12.0 Å². The standard InChI is InChI=1S/C6H6O5S/c1-12(9,10)5-3-11-4(2-7)6(5)8/h2-3,8H,1H3. The van der Waals surface area contributed by atoms with Gasteiger partial charge in [0, 0.05) is 6.26 Å². The van der Waals surface area contributed by atoms with E-state index in [2.05, 4.69) is 4.42 Å². The van der Waals surface area contributed by atoms with Crippen molar-refractivity contribution in [2.75, 3.05) is 6.26 Å². The van der Waals surface area contributed by atoms with Crippen molar-refractivity contribution in [1.29, 1.82) is 0 Å². The molecule has 1 rings (SSSR count). The first kappa shape index (κ1) is 8.79. The van der Waals surface area contributed by atoms with Crippen molar-refractivity contribution in [3.8, 4) is 5.75 Å². The minimum atomic E-state index is -3.53. The van der Waals surface area contributed by atoms with Crippen molar-refractivity contribution < 1.29 is 22.7 Å². The molecule has 6 heteroatoms. The van der Waals surface area contributed by atoms with E-state index in [1.807, 2.05) is 0 Å². The predicted molar refractivity (Wildman–Crippen MR) is 38.9 cm³/mol. The molecule has 0 spiro atoms. The summed E-state index contributed by atoms with van der Waals surface area (Å²) in [6.07, 6.45) is 1.98. The fourth-order valence-electron chi connectivity index (χ4n) is 0.697. The summed E-state index contributed by atoms with van der Waals surface area (Å²) in [7, 11) is -3.53. The van der Waals surface area contributed by atoms with Crippen LogP contribution in [0.5, 0.6) is 5.75 Å². The van der Waals surface area contributed by atoms with E-state index in [0.717, 1.165) is 12.5 Å². The molecule has 1 N–H and O–H groups in total. The number of rotatable bonds is 2. The summed E-state index contributed by atoms with van der Waals surface area (Å²) in [6.45, 7) is 0. The summed E-state index contributed by atoms with van der Waals surface area (Å²) in [5.41, 5.74) is 0. The Morgan fingerprint density at radius 1 is 1.58 bits per heavy atom. The largest absolute Gasteiger partial charge is 0.503 e. The van der Waals surface area contributed by atoms with Crippen LogP contribution in [0.15, 0.2) is 15.6 Å². The summed E-state index contributed by atoms with van der Waals surface area (Å²) >= 11 is 0. The fraction of sp³-hybridized carbons (Fsp3) is 0.167. The molecule has 5 nitrogen and oxygen atoms in total. The average Bonchev–Trinajstić information content (AvgIpc) is 2.29. The quantitative estimate of drug-likeness (QED) is 0.673. The summed E-state index contributed by atoms with van der Waals surface area (Å²) < 4.78 is 26.2. The molecule has 12 heavy (non-hydrogen) atoms. The number of carbonyl (C=O) groups is 1. The van der Waals surface area contributed by atoms with Crippen LogP contribution in [-0.2, 0) is 9.84 Å². The fourth-order valence-corrected chi connectivity index (χ4v) is 1.37. The molecule has 0 atom stereocenters. The Morgan fingerprint density at radius 3 is 2.42 bits per heavy atom. The molecule has 0 aliphatic carbocycles. The van der Waals surface area contributed by atoms with Crippen molar-refractivity contribution in [2.45, 2.75) is 4.90 Å². The monoisotopic (exact) mass is 190 g/mol. The van der Waals surface area contributed by atoms with E-state index in [1.54, 1.807) is 0 Å². The normalized spacial score (nSPS) is 11.4. The van der Waals surface area contributed by atoms with Crippen LogP contribution in [0.1, 0.15) is 10.6 Å². The van der Waals surface area contributed by atoms with Crippen molar-refractivity contribution >= 4 is 16.1 Å². The second-order valence-electron chi connectivity index (χ2n) is 2.20. The van der Waals surface area contributed by atoms with Gasteiger partial charge >= 0.3 is 0 Å². The zero-order valence-corrected chi connectivity index (χ0v) is 6.96. The highest BCUT2D eigenvalue weighted by Gasteiger charge is 2.19. The van der Waals surface area contributed by atoms with E-state index in [1.165, 1.54) is 0 Å². The van der Waals surface area contributed by atoms with Crippen LogP contribution in [0.4, 0.5) is 0 Å². The van der Waals surface area contributed by atoms with Crippen LogP contribution < -0.4 is 0 Å². The Balaban J connectivity index is 3.39. The zero-order chi connectivity index (χ0) is 9.35. The minimum Gasteiger partial charge on any atom is -0.503 e. The Hall–Kier alpha value is -1.30. The second-order valence-corrected chi connectivity index (χ2v) is 4.19. The highest BCUT2D eigenvalue weighted by atomic mass is 32.2. The van der Waals surface area contributed by atoms with Gasteiger partial charge < -0.3 is 9.52 Å². The maximum Gasteiger partial charge on any atom is 0.209 e. The Kier molecular flexibility index (Phi) is 1.93. The number of furan rings is 1. The number of aldehydes is 1. The van der Waals surface area contributed by atoms with Gasteiger partial charge in [0.1, 0.15) is 11.2 Å². The number of hydrogen-bond acceptors (Lipinski definition) is 5. The first-order valence-corrected chi connectivity index (χ1v) is 4.81. The minimum absolute atomic E-state index is 0.240. The topological polar surface area (TPSA) is 84.6 Å². The predicted octanol–water partition coefficient (Wildman–Crippen LogP) is 0.201. The van der Waals surface area contributed by atoms with Crippen LogP contribution in [0, 0.1) is 0 Å². The van der Waals surface area contributed by atoms with Crippen molar-refractivity contribution in [1.82, 2.24) is 0 Å². The van der Waals surface area contributed by atoms with Gasteiger partial charge in [0.05, 0.1) is 0 Å². The van der Waals surface area contributed by atoms with Crippen LogP contribution >= 0.6 is 0 Å². The Labute approximate surface area is 68.5 Å². The molecule has 0 radical (unpaired) electrons. The van der Waals surface area contributed by atoms with E-state index < -0.39 is 15.6 Å². The molecule has 0 bridgehead atoms. The first-order valence-electron chi connectivity index (χ1n) is 2.92. The Bertz CT molecular complexity index is 400. The van der Waals surface area contributed by atoms with Crippen LogP contribution in [-0.4, -0.2) is 26.1 Å². The molecule has 1 aromatic heterocycles. The smallest absolute Gasteiger partial charge is 0.209 e. The maximum absolute atomic E-state index is 10.8. The third kappa shape index (κ3) is 1.33. The number of aromatic hydroxyl groups is 1. The molecule has 1 heterocycles. The molecular weight excluding hydrogens is 184 g/mol. The first-order chi connectivity index (χ1) is 5.46. The van der Waals surface area contributed by atoms with E-state index in [-0.39, 0.29) is 16.9 Å². The second kappa shape index (κ2) is 2.63. The van der Waals surface area contributed by atoms with Crippen LogP contribution in [0.25, 0.3) is 0 Å². The van der Waals surface area contributed by atoms with Crippen molar-refractivity contribution in [3.63, 3.8) is 0 Å². The van der Waals surface area contributed by atoms with Gasteiger partial charge in [-0.15, -0.1) is 0 Å². The van der Waals surface area contributed by atoms with Gasteiger partial charge in [-0.25, -0.2) is 8.42 Å². The van der Waals surface area contributed by atoms with Gasteiger partial charge in [-0.05, 0) is 0 Å². The molecule has 0 fully saturated rings. The number of sulfone groups is 1. The maximum atomic E-state index is 10.8. The molecule has 0 amide bonds. The molecule has 1 aromatic rings. The highest BCUT2D eigenvalue weighted by molar-refractivity contribution is 7.90. The van der Waals surface area contributed by atoms with Crippen LogP contribution in [0.2, 0.25) is 0 Å². The highest BCUT2D eigenvalue weighted by Crippen LogP contribution is 2.27. The van der Waals surface area contributed by atoms with Crippen molar-refractivity contribution in [2.24, 2.45) is 0 Å².